The van der Waals surface area contributed by atoms with Crippen molar-refractivity contribution >= 4 is 5.84 Å². The Morgan fingerprint density at radius 3 is 2.86 bits per heavy atom. The smallest absolute Gasteiger partial charge is 0.278 e. The molecule has 2 aliphatic heterocycles. The fourth-order valence-corrected chi connectivity index (χ4v) is 2.76. The molecule has 2 aliphatic rings. The van der Waals surface area contributed by atoms with Crippen LogP contribution in [0.1, 0.15) is 26.2 Å². The molecule has 4 nitrogen and oxygen atoms in total. The number of unbranched alkanes of at least 4 members (excludes halogenated alkanes) is 2. The Kier molecular flexibility index (Phi) is 5.20. The van der Waals surface area contributed by atoms with E-state index in [0.717, 1.165) is 31.5 Å². The molecule has 21 heavy (non-hydrogen) atoms. The second kappa shape index (κ2) is 6.91. The lowest BCUT2D eigenvalue weighted by Crippen LogP contribution is -2.45. The van der Waals surface area contributed by atoms with Gasteiger partial charge in [-0.1, -0.05) is 25.8 Å². The molecule has 0 N–H and O–H groups in total. The van der Waals surface area contributed by atoms with E-state index in [4.69, 9.17) is 0 Å². The Balaban J connectivity index is 2.21. The third-order valence-corrected chi connectivity index (χ3v) is 3.73. The van der Waals surface area contributed by atoms with Crippen molar-refractivity contribution < 1.29 is 8.78 Å². The Morgan fingerprint density at radius 2 is 2.24 bits per heavy atom. The summed E-state index contributed by atoms with van der Waals surface area (Å²) in [7, 11) is 1.96. The van der Waals surface area contributed by atoms with Gasteiger partial charge in [-0.2, -0.15) is 0 Å². The molecule has 118 valence electrons. The van der Waals surface area contributed by atoms with E-state index in [1.165, 1.54) is 0 Å². The molecule has 6 heteroatoms. The molecule has 0 amide bonds. The van der Waals surface area contributed by atoms with Gasteiger partial charge in [-0.25, -0.2) is 13.8 Å². The van der Waals surface area contributed by atoms with Gasteiger partial charge in [-0.15, -0.1) is 6.58 Å². The van der Waals surface area contributed by atoms with Crippen LogP contribution < -0.4 is 0 Å². The number of fused-ring (bicyclic) bond motifs is 1. The third-order valence-electron chi connectivity index (χ3n) is 3.73. The maximum atomic E-state index is 13.2. The molecule has 0 bridgehead atoms. The van der Waals surface area contributed by atoms with Crippen molar-refractivity contribution in [2.24, 2.45) is 4.99 Å². The zero-order valence-electron chi connectivity index (χ0n) is 12.8. The summed E-state index contributed by atoms with van der Waals surface area (Å²) in [4.78, 5) is 10.0. The van der Waals surface area contributed by atoms with Crippen LogP contribution in [0, 0.1) is 0 Å². The third kappa shape index (κ3) is 3.36. The molecule has 1 atom stereocenters. The number of halogens is 2. The predicted octanol–water partition coefficient (Wildman–Crippen LogP) is 2.71. The molecule has 0 saturated heterocycles. The summed E-state index contributed by atoms with van der Waals surface area (Å²) in [5.74, 6) is 0.705. The van der Waals surface area contributed by atoms with Gasteiger partial charge in [0, 0.05) is 26.3 Å². The van der Waals surface area contributed by atoms with Gasteiger partial charge in [-0.05, 0) is 6.42 Å². The lowest BCUT2D eigenvalue weighted by Gasteiger charge is -2.36. The highest BCUT2D eigenvalue weighted by molar-refractivity contribution is 6.00. The lowest BCUT2D eigenvalue weighted by atomic mass is 10.2. The second-order valence-electron chi connectivity index (χ2n) is 5.53. The molecule has 0 aromatic heterocycles. The molecule has 0 radical (unpaired) electrons. The fourth-order valence-electron chi connectivity index (χ4n) is 2.76. The topological polar surface area (TPSA) is 22.1 Å². The maximum Gasteiger partial charge on any atom is 0.278 e. The molecule has 0 aliphatic carbocycles. The fraction of sp³-hybridized carbons (Fsp3) is 0.667. The molecule has 0 aromatic rings. The quantitative estimate of drug-likeness (QED) is 0.533. The molecule has 0 aromatic carbocycles. The summed E-state index contributed by atoms with van der Waals surface area (Å²) < 4.78 is 26.5. The van der Waals surface area contributed by atoms with Crippen molar-refractivity contribution in [1.82, 2.24) is 14.7 Å². The maximum absolute atomic E-state index is 13.2. The van der Waals surface area contributed by atoms with Crippen molar-refractivity contribution in [2.75, 3.05) is 26.8 Å². The van der Waals surface area contributed by atoms with Gasteiger partial charge in [0.05, 0.1) is 12.4 Å². The van der Waals surface area contributed by atoms with Crippen LogP contribution in [0.3, 0.4) is 0 Å². The molecular formula is C15H24F2N4. The van der Waals surface area contributed by atoms with E-state index in [2.05, 4.69) is 23.4 Å². The van der Waals surface area contributed by atoms with Gasteiger partial charge in [0.1, 0.15) is 0 Å². The predicted molar refractivity (Wildman–Crippen MR) is 81.1 cm³/mol. The highest BCUT2D eigenvalue weighted by atomic mass is 19.3. The number of hydrogen-bond donors (Lipinski definition) is 0. The van der Waals surface area contributed by atoms with Gasteiger partial charge in [0.2, 0.25) is 0 Å². The van der Waals surface area contributed by atoms with E-state index in [1.807, 2.05) is 18.1 Å². The number of alkyl halides is 2. The van der Waals surface area contributed by atoms with E-state index < -0.39 is 12.6 Å². The summed E-state index contributed by atoms with van der Waals surface area (Å²) in [5.41, 5.74) is 0.783. The van der Waals surface area contributed by atoms with Crippen LogP contribution in [0.4, 0.5) is 8.78 Å². The average Bonchev–Trinajstić information content (AvgIpc) is 2.79. The van der Waals surface area contributed by atoms with Crippen LogP contribution >= 0.6 is 0 Å². The zero-order valence-corrected chi connectivity index (χ0v) is 12.8. The van der Waals surface area contributed by atoms with Crippen LogP contribution in [0.25, 0.3) is 0 Å². The number of hydrogen-bond acceptors (Lipinski definition) is 4. The molecule has 2 heterocycles. The number of aliphatic imine (C=N–C) groups is 1. The summed E-state index contributed by atoms with van der Waals surface area (Å²) in [5, 5.41) is 0. The van der Waals surface area contributed by atoms with Crippen LogP contribution in [0.15, 0.2) is 29.5 Å². The molecular weight excluding hydrogens is 274 g/mol. The van der Waals surface area contributed by atoms with Crippen LogP contribution in [-0.4, -0.2) is 59.9 Å². The van der Waals surface area contributed by atoms with Gasteiger partial charge in [0.15, 0.2) is 12.0 Å². The van der Waals surface area contributed by atoms with Crippen molar-refractivity contribution in [3.8, 4) is 0 Å². The first-order chi connectivity index (χ1) is 10.1. The Morgan fingerprint density at radius 1 is 1.48 bits per heavy atom. The van der Waals surface area contributed by atoms with Gasteiger partial charge >= 0.3 is 0 Å². The van der Waals surface area contributed by atoms with E-state index in [0.29, 0.717) is 19.0 Å². The van der Waals surface area contributed by atoms with E-state index in [1.54, 1.807) is 11.0 Å². The largest absolute Gasteiger partial charge is 0.361 e. The molecule has 0 saturated carbocycles. The summed E-state index contributed by atoms with van der Waals surface area (Å²) in [6.07, 6.45) is 3.29. The Bertz CT molecular complexity index is 433. The first-order valence-corrected chi connectivity index (χ1v) is 7.49. The molecule has 2 rings (SSSR count). The normalized spacial score (nSPS) is 21.6. The number of nitrogens with zero attached hydrogens (tertiary/aromatic N) is 4. The van der Waals surface area contributed by atoms with E-state index in [-0.39, 0.29) is 0 Å². The van der Waals surface area contributed by atoms with Crippen LogP contribution in [-0.2, 0) is 0 Å². The highest BCUT2D eigenvalue weighted by Crippen LogP contribution is 2.29. The van der Waals surface area contributed by atoms with E-state index in [9.17, 15) is 8.78 Å². The van der Waals surface area contributed by atoms with Crippen molar-refractivity contribution in [2.45, 2.75) is 38.8 Å². The summed E-state index contributed by atoms with van der Waals surface area (Å²) in [6.45, 7) is 7.75. The number of amidine groups is 1. The summed E-state index contributed by atoms with van der Waals surface area (Å²) >= 11 is 0. The second-order valence-corrected chi connectivity index (χ2v) is 5.53. The lowest BCUT2D eigenvalue weighted by molar-refractivity contribution is 0.0592. The minimum absolute atomic E-state index is 0.379. The average molecular weight is 298 g/mol. The van der Waals surface area contributed by atoms with Gasteiger partial charge in [0.25, 0.3) is 6.43 Å². The van der Waals surface area contributed by atoms with Crippen molar-refractivity contribution in [3.63, 3.8) is 0 Å². The first kappa shape index (κ1) is 15.8. The highest BCUT2D eigenvalue weighted by Gasteiger charge is 2.39. The minimum Gasteiger partial charge on any atom is -0.361 e. The van der Waals surface area contributed by atoms with E-state index >= 15 is 0 Å². The van der Waals surface area contributed by atoms with Gasteiger partial charge in [-0.3, -0.25) is 0 Å². The standard InChI is InChI=1S/C15H24F2N4/c1-4-6-7-9-20-11-19(3)10-12-14(20)18-15(13(16)17)21(12)8-5-2/h5,10,13,15H,2,4,6-9,11H2,1,3H3. The van der Waals surface area contributed by atoms with Crippen LogP contribution in [0.5, 0.6) is 0 Å². The van der Waals surface area contributed by atoms with Crippen molar-refractivity contribution in [3.05, 3.63) is 24.6 Å². The zero-order chi connectivity index (χ0) is 15.4. The molecule has 0 fully saturated rings. The SMILES string of the molecule is C=CCN1C2=CN(C)CN(CCCCC)C2=NC1C(F)F. The number of rotatable bonds is 7. The van der Waals surface area contributed by atoms with Crippen molar-refractivity contribution in [1.29, 1.82) is 0 Å². The Labute approximate surface area is 125 Å². The Hall–Kier alpha value is -1.59. The molecule has 0 spiro atoms. The monoisotopic (exact) mass is 298 g/mol. The first-order valence-electron chi connectivity index (χ1n) is 7.49. The molecule has 1 unspecified atom stereocenters. The van der Waals surface area contributed by atoms with Gasteiger partial charge < -0.3 is 14.7 Å². The minimum atomic E-state index is -2.49. The summed E-state index contributed by atoms with van der Waals surface area (Å²) in [6, 6.07) is 0. The van der Waals surface area contributed by atoms with Crippen LogP contribution in [0.2, 0.25) is 0 Å².